The van der Waals surface area contributed by atoms with Gasteiger partial charge in [0.15, 0.2) is 0 Å². The molecule has 116 valence electrons. The molecule has 22 heavy (non-hydrogen) atoms. The molecule has 0 heterocycles. The van der Waals surface area contributed by atoms with Crippen LogP contribution in [0.5, 0.6) is 11.5 Å². The Labute approximate surface area is 130 Å². The van der Waals surface area contributed by atoms with Crippen molar-refractivity contribution in [3.63, 3.8) is 0 Å². The normalized spacial score (nSPS) is 10.4. The van der Waals surface area contributed by atoms with Crippen molar-refractivity contribution in [2.24, 2.45) is 0 Å². The Hall–Kier alpha value is -2.49. The monoisotopic (exact) mass is 300 g/mol. The summed E-state index contributed by atoms with van der Waals surface area (Å²) in [5, 5.41) is 9.40. The summed E-state index contributed by atoms with van der Waals surface area (Å²) in [6, 6.07) is 9.84. The smallest absolute Gasteiger partial charge is 0.339 e. The average molecular weight is 300 g/mol. The van der Waals surface area contributed by atoms with Gasteiger partial charge in [-0.05, 0) is 37.5 Å². The van der Waals surface area contributed by atoms with E-state index in [4.69, 9.17) is 9.47 Å². The first-order chi connectivity index (χ1) is 10.5. The second-order valence-electron chi connectivity index (χ2n) is 5.19. The van der Waals surface area contributed by atoms with E-state index >= 15 is 0 Å². The third-order valence-corrected chi connectivity index (χ3v) is 3.83. The molecule has 2 aromatic carbocycles. The van der Waals surface area contributed by atoms with Crippen LogP contribution in [0.4, 0.5) is 0 Å². The van der Waals surface area contributed by atoms with E-state index in [0.29, 0.717) is 29.2 Å². The van der Waals surface area contributed by atoms with Crippen LogP contribution in [-0.4, -0.2) is 18.2 Å². The third kappa shape index (κ3) is 2.91. The molecule has 1 N–H and O–H groups in total. The highest BCUT2D eigenvalue weighted by Crippen LogP contribution is 2.38. The Balaban J connectivity index is 2.44. The molecule has 0 radical (unpaired) electrons. The molecule has 0 aromatic heterocycles. The average Bonchev–Trinajstić information content (AvgIpc) is 2.51. The Bertz CT molecular complexity index is 690. The second-order valence-corrected chi connectivity index (χ2v) is 5.19. The van der Waals surface area contributed by atoms with Gasteiger partial charge in [-0.25, -0.2) is 4.79 Å². The zero-order valence-electron chi connectivity index (χ0n) is 13.3. The summed E-state index contributed by atoms with van der Waals surface area (Å²) in [7, 11) is 1.48. The number of hydrogen-bond donors (Lipinski definition) is 1. The molecule has 0 aliphatic carbocycles. The second kappa shape index (κ2) is 6.52. The molecular formula is C18H20O4. The summed E-state index contributed by atoms with van der Waals surface area (Å²) >= 11 is 0. The Morgan fingerprint density at radius 1 is 1.00 bits per heavy atom. The Morgan fingerprint density at radius 3 is 2.18 bits per heavy atom. The van der Waals surface area contributed by atoms with Gasteiger partial charge in [0.2, 0.25) is 0 Å². The predicted molar refractivity (Wildman–Crippen MR) is 84.9 cm³/mol. The van der Waals surface area contributed by atoms with E-state index in [2.05, 4.69) is 0 Å². The first kappa shape index (κ1) is 15.9. The minimum Gasteiger partial charge on any atom is -0.495 e. The SMILES string of the molecule is COc1c(C)c(OCc2ccccc2)c(C)c(C)c1C(=O)O. The number of carbonyl (C=O) groups is 1. The highest BCUT2D eigenvalue weighted by atomic mass is 16.5. The molecule has 0 unspecified atom stereocenters. The van der Waals surface area contributed by atoms with Crippen molar-refractivity contribution in [1.82, 2.24) is 0 Å². The van der Waals surface area contributed by atoms with E-state index in [-0.39, 0.29) is 5.56 Å². The zero-order chi connectivity index (χ0) is 16.3. The Morgan fingerprint density at radius 2 is 1.64 bits per heavy atom. The molecule has 0 aliphatic heterocycles. The molecule has 2 aromatic rings. The van der Waals surface area contributed by atoms with Crippen molar-refractivity contribution in [2.45, 2.75) is 27.4 Å². The minimum absolute atomic E-state index is 0.199. The number of methoxy groups -OCH3 is 1. The van der Waals surface area contributed by atoms with Gasteiger partial charge in [-0.2, -0.15) is 0 Å². The number of benzene rings is 2. The molecule has 0 spiro atoms. The van der Waals surface area contributed by atoms with Crippen LogP contribution >= 0.6 is 0 Å². The summed E-state index contributed by atoms with van der Waals surface area (Å²) in [5.74, 6) is 0.0528. The van der Waals surface area contributed by atoms with Gasteiger partial charge in [-0.3, -0.25) is 0 Å². The molecule has 0 bridgehead atoms. The molecule has 0 fully saturated rings. The first-order valence-electron chi connectivity index (χ1n) is 7.05. The largest absolute Gasteiger partial charge is 0.495 e. The molecule has 0 aliphatic rings. The summed E-state index contributed by atoms with van der Waals surface area (Å²) in [4.78, 5) is 11.5. The predicted octanol–water partition coefficient (Wildman–Crippen LogP) is 3.90. The molecule has 0 amide bonds. The van der Waals surface area contributed by atoms with Crippen molar-refractivity contribution in [2.75, 3.05) is 7.11 Å². The topological polar surface area (TPSA) is 55.8 Å². The van der Waals surface area contributed by atoms with Crippen LogP contribution in [0.3, 0.4) is 0 Å². The fourth-order valence-electron chi connectivity index (χ4n) is 2.56. The van der Waals surface area contributed by atoms with Crippen LogP contribution in [-0.2, 0) is 6.61 Å². The zero-order valence-corrected chi connectivity index (χ0v) is 13.3. The van der Waals surface area contributed by atoms with Crippen molar-refractivity contribution < 1.29 is 19.4 Å². The van der Waals surface area contributed by atoms with E-state index in [1.807, 2.05) is 44.2 Å². The van der Waals surface area contributed by atoms with Gasteiger partial charge < -0.3 is 14.6 Å². The third-order valence-electron chi connectivity index (χ3n) is 3.83. The van der Waals surface area contributed by atoms with Crippen LogP contribution in [0.15, 0.2) is 30.3 Å². The van der Waals surface area contributed by atoms with E-state index in [9.17, 15) is 9.90 Å². The van der Waals surface area contributed by atoms with Crippen molar-refractivity contribution >= 4 is 5.97 Å². The number of ether oxygens (including phenoxy) is 2. The maximum Gasteiger partial charge on any atom is 0.339 e. The Kier molecular flexibility index (Phi) is 4.71. The minimum atomic E-state index is -0.991. The summed E-state index contributed by atoms with van der Waals surface area (Å²) in [5.41, 5.74) is 3.45. The van der Waals surface area contributed by atoms with Gasteiger partial charge >= 0.3 is 5.97 Å². The van der Waals surface area contributed by atoms with Gasteiger partial charge in [0.05, 0.1) is 7.11 Å². The van der Waals surface area contributed by atoms with E-state index < -0.39 is 5.97 Å². The van der Waals surface area contributed by atoms with Crippen molar-refractivity contribution in [1.29, 1.82) is 0 Å². The molecule has 0 saturated heterocycles. The summed E-state index contributed by atoms with van der Waals surface area (Å²) < 4.78 is 11.2. The number of carboxylic acid groups (broad SMARTS) is 1. The number of rotatable bonds is 5. The highest BCUT2D eigenvalue weighted by molar-refractivity contribution is 5.94. The lowest BCUT2D eigenvalue weighted by molar-refractivity contribution is 0.0692. The fraction of sp³-hybridized carbons (Fsp3) is 0.278. The highest BCUT2D eigenvalue weighted by Gasteiger charge is 2.23. The number of carboxylic acids is 1. The maximum absolute atomic E-state index is 11.5. The molecule has 0 saturated carbocycles. The van der Waals surface area contributed by atoms with Gasteiger partial charge in [0.25, 0.3) is 0 Å². The number of aromatic carboxylic acids is 1. The van der Waals surface area contributed by atoms with Crippen LogP contribution < -0.4 is 9.47 Å². The van der Waals surface area contributed by atoms with Gasteiger partial charge in [0.1, 0.15) is 23.7 Å². The standard InChI is InChI=1S/C18H20O4/c1-11-12(2)16(22-10-14-8-6-5-7-9-14)13(3)17(21-4)15(11)18(19)20/h5-9H,10H2,1-4H3,(H,19,20). The van der Waals surface area contributed by atoms with Gasteiger partial charge in [0, 0.05) is 5.56 Å². The van der Waals surface area contributed by atoms with Crippen molar-refractivity contribution in [3.05, 3.63) is 58.1 Å². The molecule has 4 heteroatoms. The van der Waals surface area contributed by atoms with Gasteiger partial charge in [-0.1, -0.05) is 30.3 Å². The maximum atomic E-state index is 11.5. The lowest BCUT2D eigenvalue weighted by Gasteiger charge is -2.19. The lowest BCUT2D eigenvalue weighted by Crippen LogP contribution is -2.09. The number of hydrogen-bond acceptors (Lipinski definition) is 3. The van der Waals surface area contributed by atoms with Crippen LogP contribution in [0.1, 0.15) is 32.6 Å². The molecule has 0 atom stereocenters. The van der Waals surface area contributed by atoms with E-state index in [0.717, 1.165) is 11.1 Å². The fourth-order valence-corrected chi connectivity index (χ4v) is 2.56. The lowest BCUT2D eigenvalue weighted by atomic mass is 9.97. The van der Waals surface area contributed by atoms with E-state index in [1.54, 1.807) is 6.92 Å². The first-order valence-corrected chi connectivity index (χ1v) is 7.05. The quantitative estimate of drug-likeness (QED) is 0.910. The molecule has 2 rings (SSSR count). The molecule has 4 nitrogen and oxygen atoms in total. The van der Waals surface area contributed by atoms with Gasteiger partial charge in [-0.15, -0.1) is 0 Å². The molecular weight excluding hydrogens is 280 g/mol. The van der Waals surface area contributed by atoms with Crippen molar-refractivity contribution in [3.8, 4) is 11.5 Å². The van der Waals surface area contributed by atoms with Crippen LogP contribution in [0.2, 0.25) is 0 Å². The van der Waals surface area contributed by atoms with E-state index in [1.165, 1.54) is 7.11 Å². The summed E-state index contributed by atoms with van der Waals surface area (Å²) in [6.45, 7) is 5.89. The van der Waals surface area contributed by atoms with Crippen LogP contribution in [0, 0.1) is 20.8 Å². The summed E-state index contributed by atoms with van der Waals surface area (Å²) in [6.07, 6.45) is 0. The van der Waals surface area contributed by atoms with Crippen LogP contribution in [0.25, 0.3) is 0 Å².